The summed E-state index contributed by atoms with van der Waals surface area (Å²) in [5.74, 6) is -0.978. The normalized spacial score (nSPS) is 12.5. The van der Waals surface area contributed by atoms with Crippen LogP contribution in [-0.4, -0.2) is 0 Å². The van der Waals surface area contributed by atoms with Crippen molar-refractivity contribution < 1.29 is 8.78 Å². The lowest BCUT2D eigenvalue weighted by molar-refractivity contribution is 0.597. The molecule has 0 saturated heterocycles. The fourth-order valence-corrected chi connectivity index (χ4v) is 2.54. The number of hydrogen-bond acceptors (Lipinski definition) is 1. The number of nitrogens with two attached hydrogens (primary N) is 1. The van der Waals surface area contributed by atoms with E-state index < -0.39 is 17.7 Å². The highest BCUT2D eigenvalue weighted by Gasteiger charge is 2.18. The van der Waals surface area contributed by atoms with E-state index in [1.54, 1.807) is 12.1 Å². The van der Waals surface area contributed by atoms with E-state index in [0.29, 0.717) is 10.0 Å². The molecule has 1 unspecified atom stereocenters. The summed E-state index contributed by atoms with van der Waals surface area (Å²) in [7, 11) is 0. The maximum absolute atomic E-state index is 14.1. The molecule has 0 aliphatic heterocycles. The van der Waals surface area contributed by atoms with Crippen LogP contribution in [0.2, 0.25) is 5.02 Å². The fourth-order valence-electron chi connectivity index (χ4n) is 1.67. The van der Waals surface area contributed by atoms with Crippen LogP contribution in [-0.2, 0) is 0 Å². The van der Waals surface area contributed by atoms with Crippen LogP contribution in [0.3, 0.4) is 0 Å². The molecule has 0 spiro atoms. The van der Waals surface area contributed by atoms with Gasteiger partial charge >= 0.3 is 0 Å². The molecule has 19 heavy (non-hydrogen) atoms. The van der Waals surface area contributed by atoms with Crippen molar-refractivity contribution in [2.45, 2.75) is 6.04 Å². The van der Waals surface area contributed by atoms with Crippen molar-refractivity contribution in [3.05, 3.63) is 67.1 Å². The SMILES string of the molecule is NC(c1ccc(F)c(Br)c1)c1ccc(Br)c(Cl)c1F. The summed E-state index contributed by atoms with van der Waals surface area (Å²) in [5.41, 5.74) is 6.84. The van der Waals surface area contributed by atoms with Crippen molar-refractivity contribution in [2.75, 3.05) is 0 Å². The second kappa shape index (κ2) is 5.87. The standard InChI is InChI=1S/C13H8Br2ClF2N/c14-8-3-2-7(12(18)11(8)16)13(19)6-1-4-10(17)9(15)5-6/h1-5,13H,19H2. The third-order valence-electron chi connectivity index (χ3n) is 2.70. The van der Waals surface area contributed by atoms with Gasteiger partial charge in [-0.05, 0) is 55.6 Å². The van der Waals surface area contributed by atoms with Gasteiger partial charge < -0.3 is 5.73 Å². The second-order valence-electron chi connectivity index (χ2n) is 3.92. The van der Waals surface area contributed by atoms with Crippen LogP contribution in [0.25, 0.3) is 0 Å². The van der Waals surface area contributed by atoms with Crippen molar-refractivity contribution in [3.63, 3.8) is 0 Å². The van der Waals surface area contributed by atoms with Gasteiger partial charge in [-0.25, -0.2) is 8.78 Å². The zero-order valence-corrected chi connectivity index (χ0v) is 13.4. The van der Waals surface area contributed by atoms with E-state index in [1.165, 1.54) is 18.2 Å². The average molecular weight is 411 g/mol. The zero-order valence-electron chi connectivity index (χ0n) is 9.43. The largest absolute Gasteiger partial charge is 0.320 e. The third-order valence-corrected chi connectivity index (χ3v) is 4.57. The number of benzene rings is 2. The van der Waals surface area contributed by atoms with Crippen molar-refractivity contribution in [2.24, 2.45) is 5.73 Å². The molecule has 0 heterocycles. The van der Waals surface area contributed by atoms with Gasteiger partial charge in [0.25, 0.3) is 0 Å². The third kappa shape index (κ3) is 2.99. The fraction of sp³-hybridized carbons (Fsp3) is 0.0769. The molecule has 2 aromatic carbocycles. The Morgan fingerprint density at radius 2 is 1.74 bits per heavy atom. The maximum Gasteiger partial charge on any atom is 0.148 e. The first-order valence-electron chi connectivity index (χ1n) is 5.25. The van der Waals surface area contributed by atoms with Gasteiger partial charge in [-0.3, -0.25) is 0 Å². The molecular weight excluding hydrogens is 403 g/mol. The van der Waals surface area contributed by atoms with Crippen LogP contribution in [0.15, 0.2) is 39.3 Å². The Balaban J connectivity index is 2.47. The van der Waals surface area contributed by atoms with Crippen LogP contribution in [0.1, 0.15) is 17.2 Å². The number of rotatable bonds is 2. The van der Waals surface area contributed by atoms with E-state index in [2.05, 4.69) is 31.9 Å². The van der Waals surface area contributed by atoms with Crippen LogP contribution in [0.4, 0.5) is 8.78 Å². The molecular formula is C13H8Br2ClF2N. The van der Waals surface area contributed by atoms with Gasteiger partial charge in [0, 0.05) is 10.0 Å². The summed E-state index contributed by atoms with van der Waals surface area (Å²) in [6.45, 7) is 0. The first kappa shape index (κ1) is 14.9. The highest BCUT2D eigenvalue weighted by molar-refractivity contribution is 9.10. The Morgan fingerprint density at radius 1 is 1.05 bits per heavy atom. The van der Waals surface area contributed by atoms with Gasteiger partial charge in [0.15, 0.2) is 0 Å². The summed E-state index contributed by atoms with van der Waals surface area (Å²) >= 11 is 12.0. The molecule has 2 rings (SSSR count). The van der Waals surface area contributed by atoms with E-state index >= 15 is 0 Å². The minimum atomic E-state index is -0.720. The molecule has 0 aliphatic rings. The van der Waals surface area contributed by atoms with Gasteiger partial charge in [-0.1, -0.05) is 23.7 Å². The second-order valence-corrected chi connectivity index (χ2v) is 6.00. The lowest BCUT2D eigenvalue weighted by Gasteiger charge is -2.15. The van der Waals surface area contributed by atoms with Gasteiger partial charge in [0.1, 0.15) is 11.6 Å². The maximum atomic E-state index is 14.1. The van der Waals surface area contributed by atoms with Crippen LogP contribution < -0.4 is 5.73 Å². The average Bonchev–Trinajstić information content (AvgIpc) is 2.39. The monoisotopic (exact) mass is 409 g/mol. The lowest BCUT2D eigenvalue weighted by Crippen LogP contribution is -2.14. The lowest BCUT2D eigenvalue weighted by atomic mass is 9.99. The number of hydrogen-bond donors (Lipinski definition) is 1. The molecule has 0 fully saturated rings. The van der Waals surface area contributed by atoms with E-state index in [4.69, 9.17) is 17.3 Å². The van der Waals surface area contributed by atoms with E-state index in [0.717, 1.165) is 0 Å². The van der Waals surface area contributed by atoms with E-state index in [1.807, 2.05) is 0 Å². The number of halogens is 5. The molecule has 1 atom stereocenters. The Morgan fingerprint density at radius 3 is 2.37 bits per heavy atom. The molecule has 0 aromatic heterocycles. The van der Waals surface area contributed by atoms with Crippen LogP contribution >= 0.6 is 43.5 Å². The van der Waals surface area contributed by atoms with Crippen molar-refractivity contribution in [3.8, 4) is 0 Å². The molecule has 0 amide bonds. The minimum Gasteiger partial charge on any atom is -0.320 e. The quantitative estimate of drug-likeness (QED) is 0.676. The van der Waals surface area contributed by atoms with Crippen molar-refractivity contribution in [1.29, 1.82) is 0 Å². The van der Waals surface area contributed by atoms with Gasteiger partial charge in [0.05, 0.1) is 15.5 Å². The summed E-state index contributed by atoms with van der Waals surface area (Å²) in [4.78, 5) is 0. The topological polar surface area (TPSA) is 26.0 Å². The Kier molecular flexibility index (Phi) is 4.61. The molecule has 100 valence electrons. The summed E-state index contributed by atoms with van der Waals surface area (Å²) < 4.78 is 28.0. The molecule has 0 radical (unpaired) electrons. The molecule has 1 nitrogen and oxygen atoms in total. The summed E-state index contributed by atoms with van der Waals surface area (Å²) in [6, 6.07) is 6.77. The van der Waals surface area contributed by atoms with E-state index in [9.17, 15) is 8.78 Å². The first-order chi connectivity index (χ1) is 8.91. The molecule has 2 aromatic rings. The predicted octanol–water partition coefficient (Wildman–Crippen LogP) is 5.19. The highest BCUT2D eigenvalue weighted by atomic mass is 79.9. The summed E-state index contributed by atoms with van der Waals surface area (Å²) in [5, 5.41) is -0.0193. The predicted molar refractivity (Wildman–Crippen MR) is 79.2 cm³/mol. The van der Waals surface area contributed by atoms with Crippen molar-refractivity contribution >= 4 is 43.5 Å². The van der Waals surface area contributed by atoms with Gasteiger partial charge in [-0.2, -0.15) is 0 Å². The summed E-state index contributed by atoms with van der Waals surface area (Å²) in [6.07, 6.45) is 0. The molecule has 2 N–H and O–H groups in total. The molecule has 0 aliphatic carbocycles. The smallest absolute Gasteiger partial charge is 0.148 e. The van der Waals surface area contributed by atoms with Crippen molar-refractivity contribution in [1.82, 2.24) is 0 Å². The minimum absolute atomic E-state index is 0.0193. The molecule has 0 bridgehead atoms. The van der Waals surface area contributed by atoms with Gasteiger partial charge in [0.2, 0.25) is 0 Å². The van der Waals surface area contributed by atoms with E-state index in [-0.39, 0.29) is 15.1 Å². The Hall–Kier alpha value is -0.490. The molecule has 0 saturated carbocycles. The highest BCUT2D eigenvalue weighted by Crippen LogP contribution is 2.32. The Bertz CT molecular complexity index is 634. The molecule has 6 heteroatoms. The first-order valence-corrected chi connectivity index (χ1v) is 7.22. The van der Waals surface area contributed by atoms with Crippen LogP contribution in [0.5, 0.6) is 0 Å². The Labute approximate surface area is 131 Å². The van der Waals surface area contributed by atoms with Crippen LogP contribution in [0, 0.1) is 11.6 Å². The zero-order chi connectivity index (χ0) is 14.2. The van der Waals surface area contributed by atoms with Gasteiger partial charge in [-0.15, -0.1) is 0 Å².